The molecule has 0 spiro atoms. The van der Waals surface area contributed by atoms with Gasteiger partial charge in [-0.2, -0.15) is 9.97 Å². The lowest BCUT2D eigenvalue weighted by Crippen LogP contribution is -2.18. The highest BCUT2D eigenvalue weighted by Gasteiger charge is 2.15. The van der Waals surface area contributed by atoms with Crippen LogP contribution in [0, 0.1) is 0 Å². The standard InChI is InChI=1S/C13H14N6O3S/c1-23(21,22)18-12-16-10(14)9-11(17-12)19(13(20)15-9)7-8-5-3-2-4-6-8/h2-6H,7H2,1H3,(H,15,20)(H3,14,16,17,18). The van der Waals surface area contributed by atoms with Crippen LogP contribution < -0.4 is 16.1 Å². The summed E-state index contributed by atoms with van der Waals surface area (Å²) < 4.78 is 26.2. The van der Waals surface area contributed by atoms with Gasteiger partial charge in [0.05, 0.1) is 12.8 Å². The molecule has 0 aliphatic carbocycles. The van der Waals surface area contributed by atoms with Gasteiger partial charge in [-0.05, 0) is 5.56 Å². The number of aromatic amines is 1. The monoisotopic (exact) mass is 334 g/mol. The number of fused-ring (bicyclic) bond motifs is 1. The molecule has 3 aromatic rings. The van der Waals surface area contributed by atoms with E-state index in [-0.39, 0.29) is 29.5 Å². The van der Waals surface area contributed by atoms with Crippen molar-refractivity contribution in [3.05, 3.63) is 46.4 Å². The number of hydrogen-bond acceptors (Lipinski definition) is 6. The summed E-state index contributed by atoms with van der Waals surface area (Å²) in [5.74, 6) is -0.191. The summed E-state index contributed by atoms with van der Waals surface area (Å²) in [5.41, 5.74) is 6.78. The molecule has 0 atom stereocenters. The van der Waals surface area contributed by atoms with Crippen LogP contribution in [0.15, 0.2) is 35.1 Å². The molecular weight excluding hydrogens is 320 g/mol. The van der Waals surface area contributed by atoms with Gasteiger partial charge in [0.15, 0.2) is 11.5 Å². The van der Waals surface area contributed by atoms with E-state index < -0.39 is 15.7 Å². The van der Waals surface area contributed by atoms with Crippen LogP contribution in [-0.2, 0) is 16.6 Å². The second-order valence-electron chi connectivity index (χ2n) is 5.01. The number of hydrogen-bond donors (Lipinski definition) is 3. The molecule has 120 valence electrons. The number of nitrogens with one attached hydrogen (secondary N) is 2. The molecule has 0 fully saturated rings. The lowest BCUT2D eigenvalue weighted by molar-refractivity contribution is 0.606. The zero-order valence-corrected chi connectivity index (χ0v) is 13.0. The largest absolute Gasteiger partial charge is 0.382 e. The Bertz CT molecular complexity index is 1020. The van der Waals surface area contributed by atoms with Crippen LogP contribution in [0.3, 0.4) is 0 Å². The number of nitrogen functional groups attached to an aromatic ring is 1. The van der Waals surface area contributed by atoms with Gasteiger partial charge in [0, 0.05) is 0 Å². The molecule has 2 aromatic heterocycles. The molecule has 0 aliphatic heterocycles. The molecule has 2 heterocycles. The molecule has 0 aliphatic rings. The third-order valence-electron chi connectivity index (χ3n) is 3.11. The average Bonchev–Trinajstić information content (AvgIpc) is 2.76. The molecule has 4 N–H and O–H groups in total. The highest BCUT2D eigenvalue weighted by molar-refractivity contribution is 7.91. The zero-order valence-electron chi connectivity index (χ0n) is 12.1. The van der Waals surface area contributed by atoms with Gasteiger partial charge >= 0.3 is 5.69 Å². The van der Waals surface area contributed by atoms with Crippen molar-refractivity contribution in [3.8, 4) is 0 Å². The maximum absolute atomic E-state index is 12.1. The fourth-order valence-electron chi connectivity index (χ4n) is 2.18. The van der Waals surface area contributed by atoms with Crippen molar-refractivity contribution >= 4 is 33.0 Å². The number of aromatic nitrogens is 4. The third-order valence-corrected chi connectivity index (χ3v) is 3.66. The smallest absolute Gasteiger partial charge is 0.328 e. The van der Waals surface area contributed by atoms with E-state index in [4.69, 9.17) is 5.73 Å². The van der Waals surface area contributed by atoms with E-state index in [2.05, 4.69) is 19.7 Å². The number of nitrogens with two attached hydrogens (primary N) is 1. The zero-order chi connectivity index (χ0) is 16.6. The number of sulfonamides is 1. The minimum Gasteiger partial charge on any atom is -0.382 e. The normalized spacial score (nSPS) is 11.7. The van der Waals surface area contributed by atoms with Gasteiger partial charge in [-0.25, -0.2) is 13.2 Å². The van der Waals surface area contributed by atoms with E-state index in [1.165, 1.54) is 4.57 Å². The minimum atomic E-state index is -3.56. The molecule has 10 heteroatoms. The number of rotatable bonds is 4. The maximum atomic E-state index is 12.1. The first kappa shape index (κ1) is 15.0. The van der Waals surface area contributed by atoms with Crippen LogP contribution in [0.4, 0.5) is 11.8 Å². The van der Waals surface area contributed by atoms with Crippen molar-refractivity contribution < 1.29 is 8.42 Å². The SMILES string of the molecule is CS(=O)(=O)Nc1nc(N)c2[nH]c(=O)n(Cc3ccccc3)c2n1. The van der Waals surface area contributed by atoms with Crippen LogP contribution >= 0.6 is 0 Å². The Morgan fingerprint density at radius 3 is 2.61 bits per heavy atom. The third kappa shape index (κ3) is 3.16. The molecule has 0 unspecified atom stereocenters. The molecule has 0 saturated heterocycles. The van der Waals surface area contributed by atoms with Crippen molar-refractivity contribution in [3.63, 3.8) is 0 Å². The summed E-state index contributed by atoms with van der Waals surface area (Å²) in [7, 11) is -3.56. The Labute approximate surface area is 131 Å². The first-order valence-corrected chi connectivity index (χ1v) is 8.50. The van der Waals surface area contributed by atoms with E-state index >= 15 is 0 Å². The predicted octanol–water partition coefficient (Wildman–Crippen LogP) is 0.122. The van der Waals surface area contributed by atoms with Crippen LogP contribution in [0.2, 0.25) is 0 Å². The molecule has 9 nitrogen and oxygen atoms in total. The fraction of sp³-hybridized carbons (Fsp3) is 0.154. The molecule has 0 bridgehead atoms. The van der Waals surface area contributed by atoms with Gasteiger partial charge in [0.1, 0.15) is 5.52 Å². The lowest BCUT2D eigenvalue weighted by Gasteiger charge is -2.06. The van der Waals surface area contributed by atoms with Crippen molar-refractivity contribution in [2.45, 2.75) is 6.54 Å². The van der Waals surface area contributed by atoms with Crippen molar-refractivity contribution in [1.82, 2.24) is 19.5 Å². The highest BCUT2D eigenvalue weighted by atomic mass is 32.2. The van der Waals surface area contributed by atoms with Crippen LogP contribution in [0.25, 0.3) is 11.2 Å². The summed E-state index contributed by atoms with van der Waals surface area (Å²) >= 11 is 0. The Morgan fingerprint density at radius 1 is 1.26 bits per heavy atom. The van der Waals surface area contributed by atoms with E-state index in [1.54, 1.807) is 0 Å². The number of H-pyrrole nitrogens is 1. The Hall–Kier alpha value is -2.88. The van der Waals surface area contributed by atoms with E-state index in [1.807, 2.05) is 30.3 Å². The topological polar surface area (TPSA) is 136 Å². The molecule has 1 aromatic carbocycles. The van der Waals surface area contributed by atoms with Gasteiger partial charge in [-0.15, -0.1) is 0 Å². The first-order chi connectivity index (χ1) is 10.8. The van der Waals surface area contributed by atoms with Gasteiger partial charge in [-0.1, -0.05) is 30.3 Å². The van der Waals surface area contributed by atoms with Gasteiger partial charge in [0.2, 0.25) is 16.0 Å². The molecule has 23 heavy (non-hydrogen) atoms. The van der Waals surface area contributed by atoms with E-state index in [0.29, 0.717) is 0 Å². The summed E-state index contributed by atoms with van der Waals surface area (Å²) in [6.45, 7) is 0.272. The van der Waals surface area contributed by atoms with Crippen molar-refractivity contribution in [2.24, 2.45) is 0 Å². The van der Waals surface area contributed by atoms with Gasteiger partial charge < -0.3 is 10.7 Å². The molecular formula is C13H14N6O3S. The Kier molecular flexibility index (Phi) is 3.52. The fourth-order valence-corrected chi connectivity index (χ4v) is 2.60. The van der Waals surface area contributed by atoms with Crippen molar-refractivity contribution in [2.75, 3.05) is 16.7 Å². The first-order valence-electron chi connectivity index (χ1n) is 6.61. The van der Waals surface area contributed by atoms with Crippen LogP contribution in [0.5, 0.6) is 0 Å². The summed E-state index contributed by atoms with van der Waals surface area (Å²) in [6.07, 6.45) is 0.977. The summed E-state index contributed by atoms with van der Waals surface area (Å²) in [6, 6.07) is 9.32. The highest BCUT2D eigenvalue weighted by Crippen LogP contribution is 2.17. The molecule has 0 radical (unpaired) electrons. The number of benzene rings is 1. The van der Waals surface area contributed by atoms with E-state index in [9.17, 15) is 13.2 Å². The minimum absolute atomic E-state index is 0.00920. The number of anilines is 2. The predicted molar refractivity (Wildman–Crippen MR) is 86.6 cm³/mol. The molecule has 0 amide bonds. The average molecular weight is 334 g/mol. The molecule has 3 rings (SSSR count). The lowest BCUT2D eigenvalue weighted by atomic mass is 10.2. The van der Waals surface area contributed by atoms with Crippen molar-refractivity contribution in [1.29, 1.82) is 0 Å². The van der Waals surface area contributed by atoms with Gasteiger partial charge in [-0.3, -0.25) is 9.29 Å². The van der Waals surface area contributed by atoms with Gasteiger partial charge in [0.25, 0.3) is 0 Å². The summed E-state index contributed by atoms with van der Waals surface area (Å²) in [5, 5.41) is 0. The van der Waals surface area contributed by atoms with Crippen LogP contribution in [0.1, 0.15) is 5.56 Å². The quantitative estimate of drug-likeness (QED) is 0.620. The molecule has 0 saturated carbocycles. The Balaban J connectivity index is 2.14. The van der Waals surface area contributed by atoms with Crippen LogP contribution in [-0.4, -0.2) is 34.2 Å². The maximum Gasteiger partial charge on any atom is 0.328 e. The number of nitrogens with zero attached hydrogens (tertiary/aromatic N) is 3. The summed E-state index contributed by atoms with van der Waals surface area (Å²) in [4.78, 5) is 22.7. The second kappa shape index (κ2) is 5.39. The second-order valence-corrected chi connectivity index (χ2v) is 6.76. The Morgan fingerprint density at radius 2 is 1.96 bits per heavy atom. The van der Waals surface area contributed by atoms with E-state index in [0.717, 1.165) is 11.8 Å². The number of imidazole rings is 1.